The molecule has 2 N–H and O–H groups in total. The normalized spacial score (nSPS) is 13.8. The number of nitrogens with zero attached hydrogens (tertiary/aromatic N) is 2. The van der Waals surface area contributed by atoms with Crippen molar-refractivity contribution in [2.24, 2.45) is 5.41 Å². The third kappa shape index (κ3) is 6.38. The summed E-state index contributed by atoms with van der Waals surface area (Å²) in [5.41, 5.74) is 1.85. The van der Waals surface area contributed by atoms with Gasteiger partial charge in [-0.25, -0.2) is 0 Å². The fraction of sp³-hybridized carbons (Fsp3) is 0.400. The van der Waals surface area contributed by atoms with Gasteiger partial charge in [0.15, 0.2) is 5.11 Å². The lowest BCUT2D eigenvalue weighted by Crippen LogP contribution is -2.51. The van der Waals surface area contributed by atoms with Gasteiger partial charge in [0.2, 0.25) is 5.91 Å². The van der Waals surface area contributed by atoms with E-state index < -0.39 is 0 Å². The summed E-state index contributed by atoms with van der Waals surface area (Å²) in [5, 5.41) is 5.90. The van der Waals surface area contributed by atoms with E-state index in [0.717, 1.165) is 24.5 Å². The maximum absolute atomic E-state index is 12.6. The van der Waals surface area contributed by atoms with Crippen LogP contribution in [0.25, 0.3) is 0 Å². The molecule has 0 saturated carbocycles. The van der Waals surface area contributed by atoms with E-state index >= 15 is 0 Å². The van der Waals surface area contributed by atoms with Crippen LogP contribution in [0.3, 0.4) is 0 Å². The summed E-state index contributed by atoms with van der Waals surface area (Å²) in [4.78, 5) is 29.3. The van der Waals surface area contributed by atoms with Gasteiger partial charge in [0.1, 0.15) is 11.5 Å². The Labute approximate surface area is 206 Å². The fourth-order valence-corrected chi connectivity index (χ4v) is 3.88. The average molecular weight is 485 g/mol. The highest BCUT2D eigenvalue weighted by Crippen LogP contribution is 2.24. The van der Waals surface area contributed by atoms with Crippen molar-refractivity contribution in [2.45, 2.75) is 20.8 Å². The van der Waals surface area contributed by atoms with E-state index in [2.05, 4.69) is 15.5 Å². The zero-order chi connectivity index (χ0) is 24.9. The lowest BCUT2D eigenvalue weighted by molar-refractivity contribution is -0.139. The number of benzene rings is 2. The smallest absolute Gasteiger partial charge is 0.257 e. The first-order chi connectivity index (χ1) is 16.1. The zero-order valence-electron chi connectivity index (χ0n) is 20.3. The molecule has 0 radical (unpaired) electrons. The summed E-state index contributed by atoms with van der Waals surface area (Å²) in [6.45, 7) is 8.85. The third-order valence-corrected chi connectivity index (χ3v) is 5.74. The van der Waals surface area contributed by atoms with E-state index in [1.165, 1.54) is 14.2 Å². The summed E-state index contributed by atoms with van der Waals surface area (Å²) in [6, 6.07) is 12.7. The maximum Gasteiger partial charge on any atom is 0.257 e. The van der Waals surface area contributed by atoms with Crippen LogP contribution in [-0.2, 0) is 4.79 Å². The average Bonchev–Trinajstić information content (AvgIpc) is 2.83. The molecule has 0 unspecified atom stereocenters. The molecule has 0 aliphatic carbocycles. The molecule has 0 aromatic heterocycles. The van der Waals surface area contributed by atoms with E-state index in [1.54, 1.807) is 18.2 Å². The van der Waals surface area contributed by atoms with E-state index in [-0.39, 0.29) is 22.3 Å². The number of rotatable bonds is 5. The molecule has 0 atom stereocenters. The number of hydrogen-bond donors (Lipinski definition) is 2. The van der Waals surface area contributed by atoms with Crippen LogP contribution < -0.4 is 25.0 Å². The number of thiocarbonyl (C=S) groups is 1. The van der Waals surface area contributed by atoms with E-state index in [9.17, 15) is 9.59 Å². The highest BCUT2D eigenvalue weighted by Gasteiger charge is 2.29. The van der Waals surface area contributed by atoms with E-state index in [1.807, 2.05) is 49.9 Å². The first-order valence-corrected chi connectivity index (χ1v) is 11.5. The minimum absolute atomic E-state index is 0.189. The quantitative estimate of drug-likeness (QED) is 0.629. The number of anilines is 2. The highest BCUT2D eigenvalue weighted by molar-refractivity contribution is 7.80. The van der Waals surface area contributed by atoms with Gasteiger partial charge in [-0.15, -0.1) is 0 Å². The van der Waals surface area contributed by atoms with Gasteiger partial charge < -0.3 is 24.6 Å². The lowest BCUT2D eigenvalue weighted by Gasteiger charge is -2.38. The van der Waals surface area contributed by atoms with Gasteiger partial charge in [0.05, 0.1) is 14.2 Å². The SMILES string of the molecule is COc1cc(OC)cc(C(=O)NC(=S)Nc2ccc(N3CCN(C(=O)C(C)(C)C)CC3)cc2)c1. The first-order valence-electron chi connectivity index (χ1n) is 11.1. The molecule has 1 saturated heterocycles. The molecule has 34 heavy (non-hydrogen) atoms. The van der Waals surface area contributed by atoms with Crippen molar-refractivity contribution < 1.29 is 19.1 Å². The zero-order valence-corrected chi connectivity index (χ0v) is 21.1. The molecule has 1 heterocycles. The Bertz CT molecular complexity index is 1020. The largest absolute Gasteiger partial charge is 0.497 e. The van der Waals surface area contributed by atoms with Gasteiger partial charge in [-0.2, -0.15) is 0 Å². The van der Waals surface area contributed by atoms with Crippen molar-refractivity contribution in [2.75, 3.05) is 50.6 Å². The molecule has 9 heteroatoms. The number of amides is 2. The van der Waals surface area contributed by atoms with Gasteiger partial charge >= 0.3 is 0 Å². The molecule has 182 valence electrons. The number of nitrogens with one attached hydrogen (secondary N) is 2. The minimum atomic E-state index is -0.367. The van der Waals surface area contributed by atoms with E-state index in [4.69, 9.17) is 21.7 Å². The molecule has 2 aromatic rings. The summed E-state index contributed by atoms with van der Waals surface area (Å²) >= 11 is 5.31. The van der Waals surface area contributed by atoms with Gasteiger partial charge in [-0.3, -0.25) is 14.9 Å². The van der Waals surface area contributed by atoms with Crippen LogP contribution >= 0.6 is 12.2 Å². The Morgan fingerprint density at radius 2 is 1.47 bits per heavy atom. The van der Waals surface area contributed by atoms with Crippen molar-refractivity contribution in [1.29, 1.82) is 0 Å². The Hall–Kier alpha value is -3.33. The van der Waals surface area contributed by atoms with Crippen molar-refractivity contribution in [3.05, 3.63) is 48.0 Å². The number of piperazine rings is 1. The number of hydrogen-bond acceptors (Lipinski definition) is 6. The fourth-order valence-electron chi connectivity index (χ4n) is 3.67. The standard InChI is InChI=1S/C25H32N4O4S/c1-25(2,3)23(31)29-12-10-28(11-13-29)19-8-6-18(7-9-19)26-24(34)27-22(30)17-14-20(32-4)16-21(15-17)33-5/h6-9,14-16H,10-13H2,1-5H3,(H2,26,27,30,34). The molecule has 1 aliphatic rings. The maximum atomic E-state index is 12.6. The van der Waals surface area contributed by atoms with Crippen LogP contribution in [0, 0.1) is 5.41 Å². The summed E-state index contributed by atoms with van der Waals surface area (Å²) in [7, 11) is 3.05. The van der Waals surface area contributed by atoms with Crippen LogP contribution in [0.1, 0.15) is 31.1 Å². The molecule has 2 aromatic carbocycles. The van der Waals surface area contributed by atoms with Gasteiger partial charge in [0, 0.05) is 54.6 Å². The second-order valence-corrected chi connectivity index (χ2v) is 9.49. The van der Waals surface area contributed by atoms with Crippen molar-refractivity contribution in [3.8, 4) is 11.5 Å². The lowest BCUT2D eigenvalue weighted by atomic mass is 9.94. The van der Waals surface area contributed by atoms with Crippen molar-refractivity contribution in [3.63, 3.8) is 0 Å². The Balaban J connectivity index is 1.54. The molecule has 0 spiro atoms. The number of ether oxygens (including phenoxy) is 2. The van der Waals surface area contributed by atoms with Crippen molar-refractivity contribution in [1.82, 2.24) is 10.2 Å². The summed E-state index contributed by atoms with van der Waals surface area (Å²) in [6.07, 6.45) is 0. The molecule has 1 fully saturated rings. The molecule has 8 nitrogen and oxygen atoms in total. The summed E-state index contributed by atoms with van der Waals surface area (Å²) in [5.74, 6) is 0.855. The predicted octanol–water partition coefficient (Wildman–Crippen LogP) is 3.53. The highest BCUT2D eigenvalue weighted by atomic mass is 32.1. The van der Waals surface area contributed by atoms with Crippen LogP contribution in [0.2, 0.25) is 0 Å². The van der Waals surface area contributed by atoms with Crippen molar-refractivity contribution >= 4 is 40.5 Å². The monoisotopic (exact) mass is 484 g/mol. The molecule has 2 amide bonds. The minimum Gasteiger partial charge on any atom is -0.497 e. The number of methoxy groups -OCH3 is 2. The molecule has 0 bridgehead atoms. The third-order valence-electron chi connectivity index (χ3n) is 5.54. The Kier molecular flexibility index (Phi) is 7.98. The van der Waals surface area contributed by atoms with Crippen LogP contribution in [-0.4, -0.2) is 62.2 Å². The molecular weight excluding hydrogens is 452 g/mol. The molecule has 3 rings (SSSR count). The van der Waals surface area contributed by atoms with Gasteiger partial charge in [-0.05, 0) is 48.6 Å². The summed E-state index contributed by atoms with van der Waals surface area (Å²) < 4.78 is 10.4. The Morgan fingerprint density at radius 1 is 0.912 bits per heavy atom. The van der Waals surface area contributed by atoms with Gasteiger partial charge in [-0.1, -0.05) is 20.8 Å². The number of carbonyl (C=O) groups excluding carboxylic acids is 2. The topological polar surface area (TPSA) is 83.1 Å². The van der Waals surface area contributed by atoms with Crippen LogP contribution in [0.5, 0.6) is 11.5 Å². The first kappa shape index (κ1) is 25.3. The molecule has 1 aliphatic heterocycles. The van der Waals surface area contributed by atoms with E-state index in [0.29, 0.717) is 30.2 Å². The number of carbonyl (C=O) groups is 2. The van der Waals surface area contributed by atoms with Crippen LogP contribution in [0.4, 0.5) is 11.4 Å². The Morgan fingerprint density at radius 3 is 1.97 bits per heavy atom. The molecular formula is C25H32N4O4S. The second kappa shape index (κ2) is 10.7. The second-order valence-electron chi connectivity index (χ2n) is 9.09. The predicted molar refractivity (Wildman–Crippen MR) is 138 cm³/mol. The van der Waals surface area contributed by atoms with Crippen LogP contribution in [0.15, 0.2) is 42.5 Å². The van der Waals surface area contributed by atoms with Gasteiger partial charge in [0.25, 0.3) is 5.91 Å².